The molecule has 0 saturated heterocycles. The van der Waals surface area contributed by atoms with Crippen molar-refractivity contribution in [2.75, 3.05) is 5.32 Å². The van der Waals surface area contributed by atoms with Crippen LogP contribution in [0.15, 0.2) is 30.5 Å². The molecule has 0 amide bonds. The van der Waals surface area contributed by atoms with Crippen molar-refractivity contribution in [3.8, 4) is 22.9 Å². The number of ether oxygens (including phenoxy) is 2. The quantitative estimate of drug-likeness (QED) is 0.464. The van der Waals surface area contributed by atoms with Gasteiger partial charge in [0.1, 0.15) is 23.0 Å². The molecule has 192 valence electrons. The van der Waals surface area contributed by atoms with Crippen LogP contribution in [0.1, 0.15) is 37.1 Å². The maximum atomic E-state index is 12.5. The number of carboxylic acids is 1. The zero-order chi connectivity index (χ0) is 25.9. The van der Waals surface area contributed by atoms with E-state index >= 15 is 0 Å². The molecule has 0 spiro atoms. The molecule has 4 rings (SSSR count). The Balaban J connectivity index is 1.46. The van der Waals surface area contributed by atoms with E-state index in [9.17, 15) is 23.1 Å². The first-order valence-electron chi connectivity index (χ1n) is 11.3. The number of hydrogen-bond donors (Lipinski definition) is 2. The molecule has 0 unspecified atom stereocenters. The number of alkyl halides is 3. The molecule has 36 heavy (non-hydrogen) atoms. The highest BCUT2D eigenvalue weighted by molar-refractivity contribution is 5.70. The first-order chi connectivity index (χ1) is 17.1. The maximum absolute atomic E-state index is 12.5. The van der Waals surface area contributed by atoms with Crippen molar-refractivity contribution in [1.29, 1.82) is 0 Å². The second-order valence-corrected chi connectivity index (χ2v) is 8.51. The van der Waals surface area contributed by atoms with Crippen molar-refractivity contribution < 1.29 is 32.5 Å². The molecule has 1 saturated carbocycles. The minimum Gasteiger partial charge on any atom is -0.489 e. The van der Waals surface area contributed by atoms with Crippen LogP contribution in [0.2, 0.25) is 0 Å². The van der Waals surface area contributed by atoms with E-state index in [1.54, 1.807) is 26.1 Å². The highest BCUT2D eigenvalue weighted by Gasteiger charge is 2.31. The van der Waals surface area contributed by atoms with Crippen LogP contribution in [-0.2, 0) is 18.4 Å². The molecule has 10 nitrogen and oxygen atoms in total. The van der Waals surface area contributed by atoms with Crippen molar-refractivity contribution in [1.82, 2.24) is 25.0 Å². The van der Waals surface area contributed by atoms with Crippen molar-refractivity contribution in [2.45, 2.75) is 51.6 Å². The van der Waals surface area contributed by atoms with Crippen LogP contribution < -0.4 is 14.8 Å². The normalized spacial score (nSPS) is 18.0. The lowest BCUT2D eigenvalue weighted by molar-refractivity contribution is -0.274. The molecule has 3 aromatic rings. The summed E-state index contributed by atoms with van der Waals surface area (Å²) in [6.07, 6.45) is -1.08. The topological polar surface area (TPSA) is 124 Å². The summed E-state index contributed by atoms with van der Waals surface area (Å²) < 4.78 is 49.0. The summed E-state index contributed by atoms with van der Waals surface area (Å²) in [5.41, 5.74) is 2.29. The summed E-state index contributed by atoms with van der Waals surface area (Å²) >= 11 is 0. The summed E-state index contributed by atoms with van der Waals surface area (Å²) in [6.45, 7) is 1.96. The van der Waals surface area contributed by atoms with Crippen LogP contribution in [0.3, 0.4) is 0 Å². The third-order valence-electron chi connectivity index (χ3n) is 5.89. The Bertz CT molecular complexity index is 1230. The van der Waals surface area contributed by atoms with Gasteiger partial charge in [-0.25, -0.2) is 14.6 Å². The van der Waals surface area contributed by atoms with Crippen molar-refractivity contribution >= 4 is 11.8 Å². The number of nitrogens with zero attached hydrogens (tertiary/aromatic N) is 5. The summed E-state index contributed by atoms with van der Waals surface area (Å²) in [5.74, 6) is -0.829. The van der Waals surface area contributed by atoms with Crippen LogP contribution in [-0.4, -0.2) is 48.5 Å². The third kappa shape index (κ3) is 6.20. The number of anilines is 1. The SMILES string of the molecule is Cc1nc(-c2nnn(C)c2CNc2cc(OC(F)(F)F)ccn2)ccc1O[C@@H]1CCC[C@@H](C(=O)O)C1. The highest BCUT2D eigenvalue weighted by Crippen LogP contribution is 2.31. The van der Waals surface area contributed by atoms with E-state index in [2.05, 4.69) is 30.3 Å². The molecule has 3 heterocycles. The van der Waals surface area contributed by atoms with Gasteiger partial charge in [0.05, 0.1) is 35.6 Å². The van der Waals surface area contributed by atoms with E-state index in [-0.39, 0.29) is 24.2 Å². The smallest absolute Gasteiger partial charge is 0.489 e. The molecule has 13 heteroatoms. The standard InChI is InChI=1S/C23H25F3N6O4/c1-13-19(35-15-5-3-4-14(10-15)22(33)34)7-6-17(29-13)21-18(32(2)31-30-21)12-28-20-11-16(8-9-27-20)36-23(24,25)26/h6-9,11,14-15H,3-5,10,12H2,1-2H3,(H,27,28)(H,33,34)/t14-,15-/m1/s1. The number of pyridine rings is 2. The van der Waals surface area contributed by atoms with Crippen molar-refractivity contribution in [3.05, 3.63) is 41.9 Å². The van der Waals surface area contributed by atoms with E-state index in [0.29, 0.717) is 41.4 Å². The number of rotatable bonds is 8. The fourth-order valence-electron chi connectivity index (χ4n) is 4.11. The maximum Gasteiger partial charge on any atom is 0.573 e. The van der Waals surface area contributed by atoms with Crippen LogP contribution in [0.25, 0.3) is 11.4 Å². The molecule has 3 aromatic heterocycles. The zero-order valence-corrected chi connectivity index (χ0v) is 19.6. The number of carbonyl (C=O) groups is 1. The second kappa shape index (κ2) is 10.4. The molecule has 0 radical (unpaired) electrons. The number of hydrogen-bond acceptors (Lipinski definition) is 8. The molecule has 0 bridgehead atoms. The first kappa shape index (κ1) is 25.2. The minimum atomic E-state index is -4.80. The van der Waals surface area contributed by atoms with Crippen LogP contribution in [0, 0.1) is 12.8 Å². The Morgan fingerprint density at radius 2 is 2.08 bits per heavy atom. The second-order valence-electron chi connectivity index (χ2n) is 8.51. The van der Waals surface area contributed by atoms with Gasteiger partial charge in [-0.1, -0.05) is 5.21 Å². The van der Waals surface area contributed by atoms with E-state index in [1.165, 1.54) is 10.9 Å². The van der Waals surface area contributed by atoms with Crippen molar-refractivity contribution in [3.63, 3.8) is 0 Å². The predicted molar refractivity (Wildman–Crippen MR) is 121 cm³/mol. The molecule has 1 fully saturated rings. The first-order valence-corrected chi connectivity index (χ1v) is 11.3. The minimum absolute atomic E-state index is 0.166. The van der Waals surface area contributed by atoms with Gasteiger partial charge in [-0.2, -0.15) is 0 Å². The van der Waals surface area contributed by atoms with Gasteiger partial charge in [0.25, 0.3) is 0 Å². The van der Waals surface area contributed by atoms with Crippen LogP contribution in [0.5, 0.6) is 11.5 Å². The van der Waals surface area contributed by atoms with Gasteiger partial charge in [0.2, 0.25) is 0 Å². The van der Waals surface area contributed by atoms with Gasteiger partial charge in [0, 0.05) is 19.3 Å². The highest BCUT2D eigenvalue weighted by atomic mass is 19.4. The molecular weight excluding hydrogens is 481 g/mol. The van der Waals surface area contributed by atoms with E-state index in [0.717, 1.165) is 25.0 Å². The molecular formula is C23H25F3N6O4. The molecule has 1 aliphatic carbocycles. The number of aromatic nitrogens is 5. The fourth-order valence-corrected chi connectivity index (χ4v) is 4.11. The summed E-state index contributed by atoms with van der Waals surface area (Å²) in [4.78, 5) is 19.9. The Kier molecular flexibility index (Phi) is 7.27. The molecule has 0 aliphatic heterocycles. The lowest BCUT2D eigenvalue weighted by atomic mass is 9.87. The summed E-state index contributed by atoms with van der Waals surface area (Å²) in [7, 11) is 1.69. The summed E-state index contributed by atoms with van der Waals surface area (Å²) in [6, 6.07) is 5.77. The Labute approximate surface area is 204 Å². The lowest BCUT2D eigenvalue weighted by Crippen LogP contribution is -2.29. The monoisotopic (exact) mass is 506 g/mol. The predicted octanol–water partition coefficient (Wildman–Crippen LogP) is 4.11. The van der Waals surface area contributed by atoms with Crippen LogP contribution >= 0.6 is 0 Å². The third-order valence-corrected chi connectivity index (χ3v) is 5.89. The lowest BCUT2D eigenvalue weighted by Gasteiger charge is -2.27. The molecule has 1 aliphatic rings. The van der Waals surface area contributed by atoms with Gasteiger partial charge in [-0.05, 0) is 50.8 Å². The Hall–Kier alpha value is -3.90. The Morgan fingerprint density at radius 1 is 1.28 bits per heavy atom. The van der Waals surface area contributed by atoms with E-state index < -0.39 is 18.2 Å². The average molecular weight is 506 g/mol. The van der Waals surface area contributed by atoms with Gasteiger partial charge >= 0.3 is 12.3 Å². The number of aryl methyl sites for hydroxylation is 2. The van der Waals surface area contributed by atoms with Gasteiger partial charge in [-0.15, -0.1) is 18.3 Å². The zero-order valence-electron chi connectivity index (χ0n) is 19.6. The molecule has 2 N–H and O–H groups in total. The van der Waals surface area contributed by atoms with Gasteiger partial charge in [-0.3, -0.25) is 4.79 Å². The Morgan fingerprint density at radius 3 is 2.81 bits per heavy atom. The number of carboxylic acid groups (broad SMARTS) is 1. The number of nitrogens with one attached hydrogen (secondary N) is 1. The number of aliphatic carboxylic acids is 1. The summed E-state index contributed by atoms with van der Waals surface area (Å²) in [5, 5.41) is 20.5. The average Bonchev–Trinajstić information content (AvgIpc) is 3.18. The number of halogens is 3. The van der Waals surface area contributed by atoms with Gasteiger partial charge < -0.3 is 19.9 Å². The molecule has 0 aromatic carbocycles. The van der Waals surface area contributed by atoms with E-state index in [4.69, 9.17) is 4.74 Å². The van der Waals surface area contributed by atoms with E-state index in [1.807, 2.05) is 0 Å². The fraction of sp³-hybridized carbons (Fsp3) is 0.435. The van der Waals surface area contributed by atoms with Gasteiger partial charge in [0.15, 0.2) is 0 Å². The largest absolute Gasteiger partial charge is 0.573 e. The molecule has 2 atom stereocenters. The van der Waals surface area contributed by atoms with Crippen LogP contribution in [0.4, 0.5) is 19.0 Å². The van der Waals surface area contributed by atoms with Crippen molar-refractivity contribution in [2.24, 2.45) is 13.0 Å².